The molecule has 1 aromatic heterocycles. The monoisotopic (exact) mass is 356 g/mol. The van der Waals surface area contributed by atoms with Gasteiger partial charge in [0, 0.05) is 13.1 Å². The number of hydrogen-bond donors (Lipinski definition) is 2. The van der Waals surface area contributed by atoms with Crippen LogP contribution in [0.15, 0.2) is 30.5 Å². The lowest BCUT2D eigenvalue weighted by molar-refractivity contribution is -0.141. The zero-order valence-corrected chi connectivity index (χ0v) is 15.3. The van der Waals surface area contributed by atoms with Crippen molar-refractivity contribution in [3.63, 3.8) is 0 Å². The molecule has 1 fully saturated rings. The van der Waals surface area contributed by atoms with Crippen LogP contribution in [0.1, 0.15) is 37.4 Å². The molecule has 0 spiro atoms. The Kier molecular flexibility index (Phi) is 4.97. The number of aliphatic carboxylic acids is 1. The fraction of sp³-hybridized carbons (Fsp3) is 0.421. The largest absolute Gasteiger partial charge is 0.481 e. The van der Waals surface area contributed by atoms with Gasteiger partial charge >= 0.3 is 12.0 Å². The minimum atomic E-state index is -0.852. The third-order valence-electron chi connectivity index (χ3n) is 4.70. The van der Waals surface area contributed by atoms with Crippen LogP contribution in [0.3, 0.4) is 0 Å². The number of aryl methyl sites for hydroxylation is 1. The number of carbonyl (C=O) groups excluding carboxylic acids is 1. The molecule has 26 heavy (non-hydrogen) atoms. The first kappa shape index (κ1) is 18.0. The highest BCUT2D eigenvalue weighted by Crippen LogP contribution is 2.28. The Morgan fingerprint density at radius 3 is 2.54 bits per heavy atom. The topological polar surface area (TPSA) is 87.5 Å². The van der Waals surface area contributed by atoms with Crippen molar-refractivity contribution in [2.24, 2.45) is 5.92 Å². The van der Waals surface area contributed by atoms with Crippen molar-refractivity contribution in [2.75, 3.05) is 18.4 Å². The average Bonchev–Trinajstić information content (AvgIpc) is 3.22. The summed E-state index contributed by atoms with van der Waals surface area (Å²) in [6.07, 6.45) is 2.14. The van der Waals surface area contributed by atoms with E-state index in [-0.39, 0.29) is 18.5 Å². The number of carboxylic acid groups (broad SMARTS) is 1. The minimum Gasteiger partial charge on any atom is -0.481 e. The van der Waals surface area contributed by atoms with Crippen LogP contribution in [-0.2, 0) is 4.79 Å². The van der Waals surface area contributed by atoms with Crippen molar-refractivity contribution >= 4 is 17.7 Å². The maximum atomic E-state index is 12.5. The van der Waals surface area contributed by atoms with Gasteiger partial charge in [0.25, 0.3) is 0 Å². The van der Waals surface area contributed by atoms with Crippen molar-refractivity contribution < 1.29 is 14.7 Å². The molecule has 0 bridgehead atoms. The van der Waals surface area contributed by atoms with Crippen molar-refractivity contribution in [3.8, 4) is 5.69 Å². The van der Waals surface area contributed by atoms with Gasteiger partial charge in [0.1, 0.15) is 0 Å². The molecule has 2 N–H and O–H groups in total. The van der Waals surface area contributed by atoms with Gasteiger partial charge in [-0.05, 0) is 31.4 Å². The smallest absolute Gasteiger partial charge is 0.321 e. The summed E-state index contributed by atoms with van der Waals surface area (Å²) < 4.78 is 1.84. The van der Waals surface area contributed by atoms with Gasteiger partial charge in [-0.1, -0.05) is 31.5 Å². The first-order valence-electron chi connectivity index (χ1n) is 8.80. The zero-order valence-electron chi connectivity index (χ0n) is 15.3. The number of hydrogen-bond acceptors (Lipinski definition) is 3. The molecule has 2 amide bonds. The first-order valence-corrected chi connectivity index (χ1v) is 8.80. The van der Waals surface area contributed by atoms with E-state index in [2.05, 4.69) is 10.4 Å². The van der Waals surface area contributed by atoms with E-state index < -0.39 is 11.9 Å². The number of urea groups is 1. The number of carbonyl (C=O) groups is 2. The van der Waals surface area contributed by atoms with Gasteiger partial charge in [0.05, 0.1) is 29.2 Å². The van der Waals surface area contributed by atoms with E-state index in [1.165, 1.54) is 5.56 Å². The maximum absolute atomic E-state index is 12.5. The lowest BCUT2D eigenvalue weighted by atomic mass is 10.1. The Morgan fingerprint density at radius 1 is 1.27 bits per heavy atom. The predicted octanol–water partition coefficient (Wildman–Crippen LogP) is 3.24. The van der Waals surface area contributed by atoms with Crippen LogP contribution in [0.25, 0.3) is 5.69 Å². The van der Waals surface area contributed by atoms with Gasteiger partial charge in [0.15, 0.2) is 0 Å². The van der Waals surface area contributed by atoms with Crippen molar-refractivity contribution in [3.05, 3.63) is 41.7 Å². The van der Waals surface area contributed by atoms with Crippen LogP contribution in [0.4, 0.5) is 10.5 Å². The summed E-state index contributed by atoms with van der Waals surface area (Å²) in [7, 11) is 0. The fourth-order valence-electron chi connectivity index (χ4n) is 3.24. The Balaban J connectivity index is 1.81. The highest BCUT2D eigenvalue weighted by molar-refractivity contribution is 5.90. The maximum Gasteiger partial charge on any atom is 0.321 e. The highest BCUT2D eigenvalue weighted by atomic mass is 16.4. The Morgan fingerprint density at radius 2 is 1.96 bits per heavy atom. The summed E-state index contributed by atoms with van der Waals surface area (Å²) in [6, 6.07) is 7.76. The number of rotatable bonds is 4. The molecule has 0 saturated carbocycles. The molecule has 3 rings (SSSR count). The fourth-order valence-corrected chi connectivity index (χ4v) is 3.24. The quantitative estimate of drug-likeness (QED) is 0.880. The van der Waals surface area contributed by atoms with Crippen LogP contribution in [0.5, 0.6) is 0 Å². The Hall–Kier alpha value is -2.83. The second kappa shape index (κ2) is 7.19. The van der Waals surface area contributed by atoms with Gasteiger partial charge in [-0.2, -0.15) is 5.10 Å². The van der Waals surface area contributed by atoms with Crippen LogP contribution in [0.2, 0.25) is 0 Å². The molecule has 1 aromatic carbocycles. The molecule has 0 aliphatic carbocycles. The number of aromatic nitrogens is 2. The summed E-state index contributed by atoms with van der Waals surface area (Å²) >= 11 is 0. The Labute approximate surface area is 152 Å². The number of nitrogens with zero attached hydrogens (tertiary/aromatic N) is 3. The van der Waals surface area contributed by atoms with Crippen LogP contribution >= 0.6 is 0 Å². The zero-order chi connectivity index (χ0) is 18.8. The average molecular weight is 356 g/mol. The molecule has 1 saturated heterocycles. The van der Waals surface area contributed by atoms with E-state index in [1.54, 1.807) is 11.1 Å². The van der Waals surface area contributed by atoms with Gasteiger partial charge in [-0.3, -0.25) is 4.79 Å². The second-order valence-electron chi connectivity index (χ2n) is 7.05. The third kappa shape index (κ3) is 3.56. The second-order valence-corrected chi connectivity index (χ2v) is 7.05. The molecular formula is C19H24N4O3. The lowest BCUT2D eigenvalue weighted by Crippen LogP contribution is -2.34. The van der Waals surface area contributed by atoms with Crippen molar-refractivity contribution in [1.29, 1.82) is 0 Å². The SMILES string of the molecule is Cc1ccc(-n2ncc(NC(=O)N3CCC(C(=O)O)C3)c2C(C)C)cc1. The molecule has 138 valence electrons. The van der Waals surface area contributed by atoms with Crippen molar-refractivity contribution in [2.45, 2.75) is 33.1 Å². The number of likely N-dealkylation sites (tertiary alicyclic amines) is 1. The van der Waals surface area contributed by atoms with Crippen LogP contribution in [0, 0.1) is 12.8 Å². The first-order chi connectivity index (χ1) is 12.4. The molecule has 1 atom stereocenters. The van der Waals surface area contributed by atoms with Crippen LogP contribution < -0.4 is 5.32 Å². The molecule has 7 heteroatoms. The molecule has 1 aliphatic heterocycles. The summed E-state index contributed by atoms with van der Waals surface area (Å²) in [4.78, 5) is 25.2. The van der Waals surface area contributed by atoms with Crippen molar-refractivity contribution in [1.82, 2.24) is 14.7 Å². The molecule has 2 heterocycles. The van der Waals surface area contributed by atoms with Gasteiger partial charge in [0.2, 0.25) is 0 Å². The van der Waals surface area contributed by atoms with Gasteiger partial charge < -0.3 is 15.3 Å². The number of anilines is 1. The number of carboxylic acids is 1. The Bertz CT molecular complexity index is 811. The number of amides is 2. The lowest BCUT2D eigenvalue weighted by Gasteiger charge is -2.18. The van der Waals surface area contributed by atoms with Gasteiger partial charge in [-0.25, -0.2) is 9.48 Å². The standard InChI is InChI=1S/C19H24N4O3/c1-12(2)17-16(10-20-23(17)15-6-4-13(3)5-7-15)21-19(26)22-9-8-14(11-22)18(24)25/h4-7,10,12,14H,8-9,11H2,1-3H3,(H,21,26)(H,24,25). The summed E-state index contributed by atoms with van der Waals surface area (Å²) in [5.74, 6) is -1.18. The molecule has 7 nitrogen and oxygen atoms in total. The summed E-state index contributed by atoms with van der Waals surface area (Å²) in [6.45, 7) is 6.82. The van der Waals surface area contributed by atoms with E-state index >= 15 is 0 Å². The molecule has 1 unspecified atom stereocenters. The highest BCUT2D eigenvalue weighted by Gasteiger charge is 2.31. The summed E-state index contributed by atoms with van der Waals surface area (Å²) in [5.41, 5.74) is 3.68. The van der Waals surface area contributed by atoms with E-state index in [9.17, 15) is 9.59 Å². The molecule has 2 aromatic rings. The van der Waals surface area contributed by atoms with E-state index in [0.717, 1.165) is 11.4 Å². The molecule has 0 radical (unpaired) electrons. The van der Waals surface area contributed by atoms with E-state index in [1.807, 2.05) is 49.7 Å². The minimum absolute atomic E-state index is 0.152. The van der Waals surface area contributed by atoms with Gasteiger partial charge in [-0.15, -0.1) is 0 Å². The third-order valence-corrected chi connectivity index (χ3v) is 4.70. The number of benzene rings is 1. The molecule has 1 aliphatic rings. The van der Waals surface area contributed by atoms with E-state index in [0.29, 0.717) is 18.7 Å². The predicted molar refractivity (Wildman–Crippen MR) is 98.7 cm³/mol. The normalized spacial score (nSPS) is 16.9. The summed E-state index contributed by atoms with van der Waals surface area (Å²) in [5, 5.41) is 16.5. The van der Waals surface area contributed by atoms with E-state index in [4.69, 9.17) is 5.11 Å². The van der Waals surface area contributed by atoms with Crippen LogP contribution in [-0.4, -0.2) is 44.9 Å². The molecular weight excluding hydrogens is 332 g/mol. The number of nitrogens with one attached hydrogen (secondary N) is 1.